The van der Waals surface area contributed by atoms with Gasteiger partial charge in [0.05, 0.1) is 0 Å². The monoisotopic (exact) mass is 157 g/mol. The van der Waals surface area contributed by atoms with E-state index in [-0.39, 0.29) is 29.6 Å². The quantitative estimate of drug-likeness (QED) is 0.358. The van der Waals surface area contributed by atoms with Gasteiger partial charge in [-0.15, -0.1) is 0 Å². The summed E-state index contributed by atoms with van der Waals surface area (Å²) in [6, 6.07) is 2.47. The van der Waals surface area contributed by atoms with E-state index in [0.29, 0.717) is 0 Å². The predicted octanol–water partition coefficient (Wildman–Crippen LogP) is -0.666. The van der Waals surface area contributed by atoms with Gasteiger partial charge in [0.25, 0.3) is 11.4 Å². The Morgan fingerprint density at radius 2 is 1.33 bits per heavy atom. The average Bonchev–Trinajstić information content (AvgIpc) is 1.65. The topological polar surface area (TPSA) is 105 Å². The zero-order valence-corrected chi connectivity index (χ0v) is 7.42. The maximum absolute atomic E-state index is 8.67. The second-order valence-electron chi connectivity index (χ2n) is 0.454. The molecule has 2 N–H and O–H groups in total. The van der Waals surface area contributed by atoms with Crippen LogP contribution in [0, 0.1) is 22.7 Å². The molecule has 45 valence electrons. The Balaban J connectivity index is -0.0000000720. The van der Waals surface area contributed by atoms with Crippen molar-refractivity contribution in [1.82, 2.24) is 0 Å². The van der Waals surface area contributed by atoms with Gasteiger partial charge < -0.3 is 0 Å². The van der Waals surface area contributed by atoms with Crippen molar-refractivity contribution in [2.24, 2.45) is 0 Å². The zero-order chi connectivity index (χ0) is 6.99. The standard InChI is InChI=1S/C2N2.Na.H2O3S/c3-1-2-4;;1-4(2)3/h;;(H2,1,2,3). The van der Waals surface area contributed by atoms with Gasteiger partial charge in [0.2, 0.25) is 0 Å². The van der Waals surface area contributed by atoms with Gasteiger partial charge in [-0.05, 0) is 0 Å². The summed E-state index contributed by atoms with van der Waals surface area (Å²) >= 11 is -2.61. The molecule has 0 aromatic carbocycles. The van der Waals surface area contributed by atoms with Gasteiger partial charge in [0.1, 0.15) is 0 Å². The van der Waals surface area contributed by atoms with Crippen LogP contribution in [0.25, 0.3) is 0 Å². The molecule has 0 bridgehead atoms. The molecule has 0 fully saturated rings. The zero-order valence-electron chi connectivity index (χ0n) is 4.61. The molecular formula is C2H2N2NaO3S. The Bertz CT molecular complexity index is 131. The average molecular weight is 157 g/mol. The molecule has 7 heteroatoms. The van der Waals surface area contributed by atoms with Gasteiger partial charge in [-0.1, -0.05) is 0 Å². The van der Waals surface area contributed by atoms with E-state index < -0.39 is 11.4 Å². The summed E-state index contributed by atoms with van der Waals surface area (Å²) in [5.41, 5.74) is 0. The molecule has 0 aromatic heterocycles. The van der Waals surface area contributed by atoms with E-state index in [0.717, 1.165) is 0 Å². The molecule has 9 heavy (non-hydrogen) atoms. The molecule has 0 aliphatic carbocycles. The van der Waals surface area contributed by atoms with Crippen molar-refractivity contribution in [2.45, 2.75) is 0 Å². The second kappa shape index (κ2) is 15.7. The molecule has 0 amide bonds. The molecule has 1 radical (unpaired) electrons. The minimum absolute atomic E-state index is 0. The van der Waals surface area contributed by atoms with Crippen LogP contribution in [0.5, 0.6) is 0 Å². The molecule has 5 nitrogen and oxygen atoms in total. The van der Waals surface area contributed by atoms with Crippen molar-refractivity contribution in [3.05, 3.63) is 0 Å². The minimum Gasteiger partial charge on any atom is -0.284 e. The Hall–Kier alpha value is 0.0500. The van der Waals surface area contributed by atoms with Crippen LogP contribution in [0.3, 0.4) is 0 Å². The number of hydrogen-bond donors (Lipinski definition) is 2. The smallest absolute Gasteiger partial charge is 0.284 e. The summed E-state index contributed by atoms with van der Waals surface area (Å²) in [5, 5.41) is 14.5. The third-order valence-electron chi connectivity index (χ3n) is 0.0500. The molecule has 0 rings (SSSR count). The summed E-state index contributed by atoms with van der Waals surface area (Å²) in [5.74, 6) is 0. The fraction of sp³-hybridized carbons (Fsp3) is 0. The van der Waals surface area contributed by atoms with Crippen molar-refractivity contribution < 1.29 is 13.3 Å². The van der Waals surface area contributed by atoms with Crippen LogP contribution in [-0.4, -0.2) is 42.9 Å². The van der Waals surface area contributed by atoms with Gasteiger partial charge in [0, 0.05) is 29.6 Å². The molecular weight excluding hydrogens is 155 g/mol. The van der Waals surface area contributed by atoms with Crippen LogP contribution in [0.2, 0.25) is 0 Å². The third-order valence-corrected chi connectivity index (χ3v) is 0.0500. The Kier molecular flexibility index (Phi) is 27.9. The van der Waals surface area contributed by atoms with Crippen LogP contribution < -0.4 is 0 Å². The molecule has 0 aromatic rings. The van der Waals surface area contributed by atoms with Crippen LogP contribution in [0.15, 0.2) is 0 Å². The van der Waals surface area contributed by atoms with Crippen LogP contribution in [-0.2, 0) is 11.4 Å². The van der Waals surface area contributed by atoms with Crippen molar-refractivity contribution in [2.75, 3.05) is 0 Å². The summed E-state index contributed by atoms with van der Waals surface area (Å²) in [4.78, 5) is 0. The molecule has 0 saturated carbocycles. The van der Waals surface area contributed by atoms with Crippen molar-refractivity contribution in [1.29, 1.82) is 10.5 Å². The first-order chi connectivity index (χ1) is 3.65. The third kappa shape index (κ3) is 267. The second-order valence-corrected chi connectivity index (χ2v) is 0.916. The molecule has 0 unspecified atom stereocenters. The SMILES string of the molecule is N#CC#N.O=S(O)O.[Na]. The van der Waals surface area contributed by atoms with E-state index in [2.05, 4.69) is 0 Å². The van der Waals surface area contributed by atoms with E-state index in [4.69, 9.17) is 23.8 Å². The number of nitrogens with zero attached hydrogens (tertiary/aromatic N) is 2. The molecule has 0 saturated heterocycles. The predicted molar refractivity (Wildman–Crippen MR) is 30.4 cm³/mol. The van der Waals surface area contributed by atoms with Crippen molar-refractivity contribution in [3.8, 4) is 12.1 Å². The Morgan fingerprint density at radius 3 is 1.33 bits per heavy atom. The summed E-state index contributed by atoms with van der Waals surface area (Å²) < 4.78 is 22.8. The van der Waals surface area contributed by atoms with E-state index in [1.54, 1.807) is 0 Å². The van der Waals surface area contributed by atoms with Crippen LogP contribution in [0.4, 0.5) is 0 Å². The Labute approximate surface area is 76.7 Å². The molecule has 0 heterocycles. The minimum atomic E-state index is -2.61. The van der Waals surface area contributed by atoms with E-state index >= 15 is 0 Å². The summed E-state index contributed by atoms with van der Waals surface area (Å²) in [7, 11) is 0. The fourth-order valence-electron chi connectivity index (χ4n) is 0. The number of hydrogen-bond acceptors (Lipinski definition) is 3. The molecule has 0 aliphatic rings. The van der Waals surface area contributed by atoms with Crippen molar-refractivity contribution in [3.63, 3.8) is 0 Å². The Morgan fingerprint density at radius 1 is 1.22 bits per heavy atom. The largest absolute Gasteiger partial charge is 0.299 e. The first-order valence-corrected chi connectivity index (χ1v) is 2.29. The maximum atomic E-state index is 8.67. The summed E-state index contributed by atoms with van der Waals surface area (Å²) in [6.45, 7) is 0. The summed E-state index contributed by atoms with van der Waals surface area (Å²) in [6.07, 6.45) is 0. The van der Waals surface area contributed by atoms with Crippen molar-refractivity contribution >= 4 is 40.9 Å². The number of rotatable bonds is 0. The van der Waals surface area contributed by atoms with Gasteiger partial charge >= 0.3 is 0 Å². The van der Waals surface area contributed by atoms with Gasteiger partial charge in [-0.3, -0.25) is 9.11 Å². The number of nitriles is 2. The maximum Gasteiger partial charge on any atom is 0.299 e. The van der Waals surface area contributed by atoms with Crippen LogP contribution in [0.1, 0.15) is 0 Å². The van der Waals surface area contributed by atoms with Crippen LogP contribution >= 0.6 is 0 Å². The van der Waals surface area contributed by atoms with E-state index in [1.807, 2.05) is 0 Å². The normalized spacial score (nSPS) is 5.00. The van der Waals surface area contributed by atoms with Gasteiger partial charge in [-0.25, -0.2) is 0 Å². The van der Waals surface area contributed by atoms with E-state index in [9.17, 15) is 0 Å². The fourth-order valence-corrected chi connectivity index (χ4v) is 0. The first-order valence-electron chi connectivity index (χ1n) is 1.23. The molecule has 0 atom stereocenters. The molecule has 0 spiro atoms. The van der Waals surface area contributed by atoms with Gasteiger partial charge in [-0.2, -0.15) is 14.7 Å². The molecule has 0 aliphatic heterocycles. The first kappa shape index (κ1) is 16.0. The van der Waals surface area contributed by atoms with E-state index in [1.165, 1.54) is 12.1 Å². The van der Waals surface area contributed by atoms with Gasteiger partial charge in [0.15, 0.2) is 12.1 Å².